The molecule has 0 radical (unpaired) electrons. The number of carbonyl (C=O) groups excluding carboxylic acids is 1. The first kappa shape index (κ1) is 22.6. The lowest BCUT2D eigenvalue weighted by Crippen LogP contribution is -2.28. The Hall–Kier alpha value is -3.04. The van der Waals surface area contributed by atoms with Crippen LogP contribution < -0.4 is 5.32 Å². The number of nitrogens with zero attached hydrogens (tertiary/aromatic N) is 3. The lowest BCUT2D eigenvalue weighted by Gasteiger charge is -2.15. The molecule has 7 nitrogen and oxygen atoms in total. The first-order valence-corrected chi connectivity index (χ1v) is 11.1. The van der Waals surface area contributed by atoms with Gasteiger partial charge in [-0.15, -0.1) is 0 Å². The molecule has 0 saturated carbocycles. The van der Waals surface area contributed by atoms with Crippen molar-refractivity contribution in [2.24, 2.45) is 0 Å². The summed E-state index contributed by atoms with van der Waals surface area (Å²) in [6.45, 7) is 3.76. The van der Waals surface area contributed by atoms with Gasteiger partial charge < -0.3 is 5.32 Å². The summed E-state index contributed by atoms with van der Waals surface area (Å²) in [5.74, 6) is -0.580. The molecule has 3 aromatic rings. The zero-order valence-electron chi connectivity index (χ0n) is 17.9. The Morgan fingerprint density at radius 3 is 2.39 bits per heavy atom. The average Bonchev–Trinajstić information content (AvgIpc) is 3.01. The summed E-state index contributed by atoms with van der Waals surface area (Å²) in [7, 11) is -0.682. The highest BCUT2D eigenvalue weighted by molar-refractivity contribution is 7.89. The van der Waals surface area contributed by atoms with E-state index in [1.54, 1.807) is 35.0 Å². The van der Waals surface area contributed by atoms with Crippen molar-refractivity contribution in [3.8, 4) is 5.69 Å². The van der Waals surface area contributed by atoms with Crippen molar-refractivity contribution in [2.45, 2.75) is 31.7 Å². The summed E-state index contributed by atoms with van der Waals surface area (Å²) in [5.41, 5.74) is 3.48. The lowest BCUT2D eigenvalue weighted by atomic mass is 10.1. The predicted molar refractivity (Wildman–Crippen MR) is 116 cm³/mol. The smallest absolute Gasteiger partial charge is 0.242 e. The van der Waals surface area contributed by atoms with Crippen LogP contribution in [0.4, 0.5) is 4.39 Å². The average molecular weight is 445 g/mol. The second-order valence-electron chi connectivity index (χ2n) is 7.39. The third-order valence-corrected chi connectivity index (χ3v) is 6.97. The van der Waals surface area contributed by atoms with Gasteiger partial charge in [0.25, 0.3) is 0 Å². The van der Waals surface area contributed by atoms with E-state index in [1.807, 2.05) is 13.8 Å². The standard InChI is InChI=1S/C22H25FN4O3S/c1-15-20(16(2)27(25-15)19-11-9-18(23)10-12-19)13-22(28)24-14-17-7-5-6-8-21(17)31(29,30)26(3)4/h5-12H,13-14H2,1-4H3,(H,24,28). The number of benzene rings is 2. The first-order valence-electron chi connectivity index (χ1n) is 9.69. The minimum atomic E-state index is -3.62. The molecule has 0 spiro atoms. The number of aryl methyl sites for hydroxylation is 1. The molecule has 31 heavy (non-hydrogen) atoms. The van der Waals surface area contributed by atoms with Gasteiger partial charge in [-0.3, -0.25) is 4.79 Å². The van der Waals surface area contributed by atoms with E-state index in [4.69, 9.17) is 0 Å². The van der Waals surface area contributed by atoms with E-state index < -0.39 is 10.0 Å². The first-order chi connectivity index (χ1) is 14.6. The molecular weight excluding hydrogens is 419 g/mol. The molecule has 2 aromatic carbocycles. The van der Waals surface area contributed by atoms with Crippen molar-refractivity contribution in [2.75, 3.05) is 14.1 Å². The highest BCUT2D eigenvalue weighted by Crippen LogP contribution is 2.20. The Bertz CT molecular complexity index is 1200. The molecule has 1 heterocycles. The molecule has 0 aliphatic heterocycles. The predicted octanol–water partition coefficient (Wildman–Crippen LogP) is 2.74. The minimum absolute atomic E-state index is 0.0896. The van der Waals surface area contributed by atoms with E-state index in [1.165, 1.54) is 32.3 Å². The van der Waals surface area contributed by atoms with Gasteiger partial charge >= 0.3 is 0 Å². The summed E-state index contributed by atoms with van der Waals surface area (Å²) >= 11 is 0. The largest absolute Gasteiger partial charge is 0.352 e. The summed E-state index contributed by atoms with van der Waals surface area (Å²) in [6.07, 6.45) is 0.0987. The molecule has 0 aliphatic rings. The zero-order valence-corrected chi connectivity index (χ0v) is 18.7. The van der Waals surface area contributed by atoms with Crippen LogP contribution >= 0.6 is 0 Å². The van der Waals surface area contributed by atoms with Gasteiger partial charge in [0.1, 0.15) is 5.82 Å². The summed E-state index contributed by atoms with van der Waals surface area (Å²) in [5, 5.41) is 7.28. The summed E-state index contributed by atoms with van der Waals surface area (Å²) in [6, 6.07) is 12.6. The molecule has 0 aliphatic carbocycles. The van der Waals surface area contributed by atoms with Crippen LogP contribution in [0.5, 0.6) is 0 Å². The third-order valence-electron chi connectivity index (χ3n) is 5.06. The quantitative estimate of drug-likeness (QED) is 0.607. The molecule has 0 bridgehead atoms. The number of carbonyl (C=O) groups is 1. The van der Waals surface area contributed by atoms with Crippen molar-refractivity contribution < 1.29 is 17.6 Å². The monoisotopic (exact) mass is 444 g/mol. The van der Waals surface area contributed by atoms with Gasteiger partial charge in [-0.05, 0) is 49.7 Å². The number of hydrogen-bond donors (Lipinski definition) is 1. The Balaban J connectivity index is 1.75. The lowest BCUT2D eigenvalue weighted by molar-refractivity contribution is -0.120. The molecule has 0 unspecified atom stereocenters. The van der Waals surface area contributed by atoms with Crippen LogP contribution in [-0.4, -0.2) is 42.5 Å². The number of hydrogen-bond acceptors (Lipinski definition) is 4. The number of amides is 1. The Labute approximate surface area is 181 Å². The van der Waals surface area contributed by atoms with Gasteiger partial charge in [0, 0.05) is 31.9 Å². The number of sulfonamides is 1. The maximum atomic E-state index is 13.2. The molecule has 3 rings (SSSR count). The topological polar surface area (TPSA) is 84.3 Å². The molecule has 0 fully saturated rings. The Morgan fingerprint density at radius 1 is 1.10 bits per heavy atom. The van der Waals surface area contributed by atoms with Crippen molar-refractivity contribution in [1.29, 1.82) is 0 Å². The van der Waals surface area contributed by atoms with Crippen LogP contribution in [0, 0.1) is 19.7 Å². The third kappa shape index (κ3) is 4.83. The van der Waals surface area contributed by atoms with Gasteiger partial charge in [0.2, 0.25) is 15.9 Å². The number of nitrogens with one attached hydrogen (secondary N) is 1. The van der Waals surface area contributed by atoms with Crippen molar-refractivity contribution in [3.05, 3.63) is 76.9 Å². The van der Waals surface area contributed by atoms with E-state index in [-0.39, 0.29) is 29.6 Å². The van der Waals surface area contributed by atoms with Gasteiger partial charge in [-0.2, -0.15) is 5.10 Å². The van der Waals surface area contributed by atoms with Crippen molar-refractivity contribution in [3.63, 3.8) is 0 Å². The maximum absolute atomic E-state index is 13.2. The fourth-order valence-electron chi connectivity index (χ4n) is 3.28. The highest BCUT2D eigenvalue weighted by Gasteiger charge is 2.21. The van der Waals surface area contributed by atoms with E-state index in [0.717, 1.165) is 15.6 Å². The van der Waals surface area contributed by atoms with Gasteiger partial charge in [0.15, 0.2) is 0 Å². The SMILES string of the molecule is Cc1nn(-c2ccc(F)cc2)c(C)c1CC(=O)NCc1ccccc1S(=O)(=O)N(C)C. The van der Waals surface area contributed by atoms with Gasteiger partial charge in [-0.1, -0.05) is 18.2 Å². The van der Waals surface area contributed by atoms with Crippen LogP contribution in [0.25, 0.3) is 5.69 Å². The van der Waals surface area contributed by atoms with Crippen molar-refractivity contribution >= 4 is 15.9 Å². The second kappa shape index (κ2) is 8.99. The van der Waals surface area contributed by atoms with Crippen LogP contribution in [0.15, 0.2) is 53.4 Å². The summed E-state index contributed by atoms with van der Waals surface area (Å²) < 4.78 is 41.1. The number of halogens is 1. The van der Waals surface area contributed by atoms with Crippen LogP contribution in [0.3, 0.4) is 0 Å². The molecular formula is C22H25FN4O3S. The van der Waals surface area contributed by atoms with E-state index in [9.17, 15) is 17.6 Å². The van der Waals surface area contributed by atoms with E-state index in [0.29, 0.717) is 16.9 Å². The van der Waals surface area contributed by atoms with Gasteiger partial charge in [-0.25, -0.2) is 21.8 Å². The minimum Gasteiger partial charge on any atom is -0.352 e. The Morgan fingerprint density at radius 2 is 1.74 bits per heavy atom. The fraction of sp³-hybridized carbons (Fsp3) is 0.273. The molecule has 0 atom stereocenters. The highest BCUT2D eigenvalue weighted by atomic mass is 32.2. The van der Waals surface area contributed by atoms with Crippen molar-refractivity contribution in [1.82, 2.24) is 19.4 Å². The van der Waals surface area contributed by atoms with Crippen LogP contribution in [0.1, 0.15) is 22.5 Å². The van der Waals surface area contributed by atoms with Crippen LogP contribution in [0.2, 0.25) is 0 Å². The molecule has 164 valence electrons. The Kier molecular flexibility index (Phi) is 6.56. The van der Waals surface area contributed by atoms with E-state index >= 15 is 0 Å². The normalized spacial score (nSPS) is 11.7. The maximum Gasteiger partial charge on any atom is 0.242 e. The zero-order chi connectivity index (χ0) is 22.8. The number of rotatable bonds is 7. The number of aromatic nitrogens is 2. The van der Waals surface area contributed by atoms with E-state index in [2.05, 4.69) is 10.4 Å². The molecule has 1 amide bonds. The molecule has 1 N–H and O–H groups in total. The fourth-order valence-corrected chi connectivity index (χ4v) is 4.40. The summed E-state index contributed by atoms with van der Waals surface area (Å²) in [4.78, 5) is 12.8. The second-order valence-corrected chi connectivity index (χ2v) is 9.51. The molecule has 9 heteroatoms. The van der Waals surface area contributed by atoms with Crippen LogP contribution in [-0.2, 0) is 27.8 Å². The molecule has 1 aromatic heterocycles. The molecule has 0 saturated heterocycles. The van der Waals surface area contributed by atoms with Gasteiger partial charge in [0.05, 0.1) is 22.7 Å².